The van der Waals surface area contributed by atoms with E-state index in [2.05, 4.69) is 15.9 Å². The van der Waals surface area contributed by atoms with Crippen molar-refractivity contribution < 1.29 is 9.53 Å². The predicted molar refractivity (Wildman–Crippen MR) is 72.8 cm³/mol. The molecule has 0 N–H and O–H groups in total. The highest BCUT2D eigenvalue weighted by Gasteiger charge is 2.08. The fourth-order valence-electron chi connectivity index (χ4n) is 1.45. The summed E-state index contributed by atoms with van der Waals surface area (Å²) in [4.78, 5) is 12.5. The number of ketones is 1. The molecule has 1 aromatic heterocycles. The van der Waals surface area contributed by atoms with E-state index < -0.39 is 0 Å². The first-order valence-corrected chi connectivity index (χ1v) is 6.80. The maximum atomic E-state index is 11.4. The summed E-state index contributed by atoms with van der Waals surface area (Å²) in [6.07, 6.45) is 0. The highest BCUT2D eigenvalue weighted by molar-refractivity contribution is 9.10. The summed E-state index contributed by atoms with van der Waals surface area (Å²) in [5, 5.41) is 2.00. The van der Waals surface area contributed by atoms with Crippen LogP contribution < -0.4 is 4.74 Å². The Hall–Kier alpha value is -1.13. The van der Waals surface area contributed by atoms with Crippen LogP contribution in [0, 0.1) is 0 Å². The van der Waals surface area contributed by atoms with Gasteiger partial charge in [-0.15, -0.1) is 11.3 Å². The zero-order valence-electron chi connectivity index (χ0n) is 9.27. The summed E-state index contributed by atoms with van der Waals surface area (Å²) in [6, 6.07) is 9.29. The van der Waals surface area contributed by atoms with E-state index in [1.807, 2.05) is 29.6 Å². The topological polar surface area (TPSA) is 26.3 Å². The Morgan fingerprint density at radius 3 is 2.76 bits per heavy atom. The molecule has 2 aromatic rings. The molecule has 1 heterocycles. The molecule has 1 aromatic carbocycles. The SMILES string of the molecule is CC(=O)c1ccccc1OCc1sccc1Br. The highest BCUT2D eigenvalue weighted by Crippen LogP contribution is 2.25. The lowest BCUT2D eigenvalue weighted by Gasteiger charge is -2.08. The lowest BCUT2D eigenvalue weighted by Crippen LogP contribution is -2.00. The normalized spacial score (nSPS) is 10.2. The number of hydrogen-bond acceptors (Lipinski definition) is 3. The van der Waals surface area contributed by atoms with Crippen LogP contribution in [0.3, 0.4) is 0 Å². The van der Waals surface area contributed by atoms with Crippen molar-refractivity contribution >= 4 is 33.0 Å². The number of rotatable bonds is 4. The van der Waals surface area contributed by atoms with Gasteiger partial charge in [0, 0.05) is 4.47 Å². The number of para-hydroxylation sites is 1. The van der Waals surface area contributed by atoms with E-state index in [0.29, 0.717) is 17.9 Å². The number of thiophene rings is 1. The van der Waals surface area contributed by atoms with E-state index in [0.717, 1.165) is 9.35 Å². The van der Waals surface area contributed by atoms with Gasteiger partial charge in [0.15, 0.2) is 5.78 Å². The summed E-state index contributed by atoms with van der Waals surface area (Å²) >= 11 is 5.08. The van der Waals surface area contributed by atoms with Crippen LogP contribution in [-0.2, 0) is 6.61 Å². The third kappa shape index (κ3) is 2.96. The van der Waals surface area contributed by atoms with Gasteiger partial charge in [0.2, 0.25) is 0 Å². The van der Waals surface area contributed by atoms with Gasteiger partial charge in [0.1, 0.15) is 12.4 Å². The molecule has 4 heteroatoms. The van der Waals surface area contributed by atoms with Crippen LogP contribution >= 0.6 is 27.3 Å². The molecule has 0 fully saturated rings. The second kappa shape index (κ2) is 5.47. The van der Waals surface area contributed by atoms with Gasteiger partial charge in [-0.25, -0.2) is 0 Å². The predicted octanol–water partition coefficient (Wildman–Crippen LogP) is 4.29. The van der Waals surface area contributed by atoms with Crippen molar-refractivity contribution in [1.82, 2.24) is 0 Å². The molecule has 0 unspecified atom stereocenters. The number of halogens is 1. The smallest absolute Gasteiger partial charge is 0.163 e. The van der Waals surface area contributed by atoms with Crippen LogP contribution in [0.25, 0.3) is 0 Å². The largest absolute Gasteiger partial charge is 0.487 e. The first-order valence-electron chi connectivity index (χ1n) is 5.13. The second-order valence-corrected chi connectivity index (χ2v) is 5.39. The molecule has 0 atom stereocenters. The van der Waals surface area contributed by atoms with Crippen molar-refractivity contribution in [3.8, 4) is 5.75 Å². The van der Waals surface area contributed by atoms with Crippen molar-refractivity contribution in [2.45, 2.75) is 13.5 Å². The molecule has 0 saturated carbocycles. The van der Waals surface area contributed by atoms with E-state index >= 15 is 0 Å². The molecule has 17 heavy (non-hydrogen) atoms. The summed E-state index contributed by atoms with van der Waals surface area (Å²) in [5.41, 5.74) is 0.625. The molecular formula is C13H11BrO2S. The second-order valence-electron chi connectivity index (χ2n) is 3.53. The molecule has 88 valence electrons. The zero-order chi connectivity index (χ0) is 12.3. The molecule has 0 aliphatic heterocycles. The molecule has 2 nitrogen and oxygen atoms in total. The van der Waals surface area contributed by atoms with E-state index in [4.69, 9.17) is 4.74 Å². The highest BCUT2D eigenvalue weighted by atomic mass is 79.9. The molecule has 0 spiro atoms. The van der Waals surface area contributed by atoms with E-state index in [1.54, 1.807) is 24.3 Å². The molecule has 2 rings (SSSR count). The number of Topliss-reactive ketones (excluding diaryl/α,β-unsaturated/α-hetero) is 1. The monoisotopic (exact) mass is 310 g/mol. The fourth-order valence-corrected chi connectivity index (χ4v) is 2.83. The Morgan fingerprint density at radius 2 is 2.12 bits per heavy atom. The van der Waals surface area contributed by atoms with Crippen LogP contribution in [0.4, 0.5) is 0 Å². The molecule has 0 aliphatic rings. The van der Waals surface area contributed by atoms with Crippen LogP contribution in [0.15, 0.2) is 40.2 Å². The summed E-state index contributed by atoms with van der Waals surface area (Å²) in [7, 11) is 0. The molecule has 0 aliphatic carbocycles. The van der Waals surface area contributed by atoms with Gasteiger partial charge < -0.3 is 4.74 Å². The maximum absolute atomic E-state index is 11.4. The third-order valence-corrected chi connectivity index (χ3v) is 4.22. The Kier molecular flexibility index (Phi) is 3.97. The van der Waals surface area contributed by atoms with Crippen molar-refractivity contribution in [2.24, 2.45) is 0 Å². The zero-order valence-corrected chi connectivity index (χ0v) is 11.7. The van der Waals surface area contributed by atoms with E-state index in [9.17, 15) is 4.79 Å². The van der Waals surface area contributed by atoms with Crippen molar-refractivity contribution in [3.05, 3.63) is 50.6 Å². The summed E-state index contributed by atoms with van der Waals surface area (Å²) in [5.74, 6) is 0.658. The van der Waals surface area contributed by atoms with Gasteiger partial charge >= 0.3 is 0 Å². The number of hydrogen-bond donors (Lipinski definition) is 0. The molecule has 0 saturated heterocycles. The van der Waals surface area contributed by atoms with Crippen molar-refractivity contribution in [3.63, 3.8) is 0 Å². The standard InChI is InChI=1S/C13H11BrO2S/c1-9(15)10-4-2-3-5-12(10)16-8-13-11(14)6-7-17-13/h2-7H,8H2,1H3. The average Bonchev–Trinajstić information content (AvgIpc) is 2.72. The number of benzene rings is 1. The maximum Gasteiger partial charge on any atom is 0.163 e. The quantitative estimate of drug-likeness (QED) is 0.787. The number of carbonyl (C=O) groups is 1. The first-order chi connectivity index (χ1) is 8.18. The van der Waals surface area contributed by atoms with Gasteiger partial charge in [0.05, 0.1) is 10.4 Å². The molecule has 0 bridgehead atoms. The van der Waals surface area contributed by atoms with Gasteiger partial charge in [-0.05, 0) is 46.4 Å². The Morgan fingerprint density at radius 1 is 1.35 bits per heavy atom. The van der Waals surface area contributed by atoms with Gasteiger partial charge in [0.25, 0.3) is 0 Å². The van der Waals surface area contributed by atoms with Crippen LogP contribution in [0.2, 0.25) is 0 Å². The lowest BCUT2D eigenvalue weighted by molar-refractivity contribution is 0.101. The molecular weight excluding hydrogens is 300 g/mol. The summed E-state index contributed by atoms with van der Waals surface area (Å²) in [6.45, 7) is 2.02. The first kappa shape index (κ1) is 12.3. The summed E-state index contributed by atoms with van der Waals surface area (Å²) < 4.78 is 6.73. The Bertz CT molecular complexity index is 534. The lowest BCUT2D eigenvalue weighted by atomic mass is 10.1. The van der Waals surface area contributed by atoms with Crippen LogP contribution in [-0.4, -0.2) is 5.78 Å². The fraction of sp³-hybridized carbons (Fsp3) is 0.154. The minimum atomic E-state index is 0.0193. The number of ether oxygens (including phenoxy) is 1. The van der Waals surface area contributed by atoms with Gasteiger partial charge in [-0.1, -0.05) is 12.1 Å². The molecule has 0 radical (unpaired) electrons. The van der Waals surface area contributed by atoms with E-state index in [-0.39, 0.29) is 5.78 Å². The van der Waals surface area contributed by atoms with Crippen LogP contribution in [0.1, 0.15) is 22.2 Å². The van der Waals surface area contributed by atoms with E-state index in [1.165, 1.54) is 0 Å². The third-order valence-electron chi connectivity index (χ3n) is 2.32. The van der Waals surface area contributed by atoms with Gasteiger partial charge in [-0.3, -0.25) is 4.79 Å². The average molecular weight is 311 g/mol. The number of carbonyl (C=O) groups excluding carboxylic acids is 1. The van der Waals surface area contributed by atoms with Crippen molar-refractivity contribution in [2.75, 3.05) is 0 Å². The van der Waals surface area contributed by atoms with Crippen molar-refractivity contribution in [1.29, 1.82) is 0 Å². The Balaban J connectivity index is 2.14. The minimum Gasteiger partial charge on any atom is -0.487 e. The molecule has 0 amide bonds. The van der Waals surface area contributed by atoms with Crippen LogP contribution in [0.5, 0.6) is 5.75 Å². The minimum absolute atomic E-state index is 0.0193. The Labute approximate surface area is 112 Å². The van der Waals surface area contributed by atoms with Gasteiger partial charge in [-0.2, -0.15) is 0 Å².